The van der Waals surface area contributed by atoms with E-state index in [0.29, 0.717) is 22.6 Å². The molecule has 1 aromatic rings. The summed E-state index contributed by atoms with van der Waals surface area (Å²) in [5.74, 6) is 4.90. The predicted molar refractivity (Wildman–Crippen MR) is 94.1 cm³/mol. The lowest BCUT2D eigenvalue weighted by Gasteiger charge is -2.43. The minimum absolute atomic E-state index is 0.317. The number of benzene rings is 1. The number of carbonyl (C=O) groups is 2. The van der Waals surface area contributed by atoms with E-state index in [1.165, 1.54) is 14.2 Å². The van der Waals surface area contributed by atoms with Crippen LogP contribution in [-0.4, -0.2) is 37.0 Å². The first-order valence-electron chi connectivity index (χ1n) is 8.06. The summed E-state index contributed by atoms with van der Waals surface area (Å²) in [5.41, 5.74) is -1.09. The van der Waals surface area contributed by atoms with Crippen LogP contribution in [-0.2, 0) is 14.3 Å². The highest BCUT2D eigenvalue weighted by Gasteiger charge is 2.54. The molecule has 5 nitrogen and oxygen atoms in total. The van der Waals surface area contributed by atoms with E-state index >= 15 is 0 Å². The minimum Gasteiger partial charge on any atom is -0.496 e. The van der Waals surface area contributed by atoms with Gasteiger partial charge in [0.05, 0.1) is 19.8 Å². The quantitative estimate of drug-likeness (QED) is 0.623. The van der Waals surface area contributed by atoms with E-state index in [1.807, 2.05) is 0 Å². The molecule has 1 aromatic carbocycles. The van der Waals surface area contributed by atoms with Crippen molar-refractivity contribution in [3.63, 3.8) is 0 Å². The molecular weight excluding hydrogens is 320 g/mol. The second-order valence-electron chi connectivity index (χ2n) is 6.95. The molecule has 5 heteroatoms. The molecule has 0 saturated carbocycles. The molecule has 1 saturated heterocycles. The topological polar surface area (TPSA) is 61.8 Å². The third kappa shape index (κ3) is 3.27. The fourth-order valence-corrected chi connectivity index (χ4v) is 3.25. The van der Waals surface area contributed by atoms with Gasteiger partial charge < -0.3 is 14.2 Å². The Kier molecular flexibility index (Phi) is 4.97. The number of Topliss-reactive ketones (excluding diaryl/α,β-unsaturated/α-hetero) is 2. The van der Waals surface area contributed by atoms with Crippen LogP contribution in [0.5, 0.6) is 11.5 Å². The molecule has 2 rings (SSSR count). The summed E-state index contributed by atoms with van der Waals surface area (Å²) in [7, 11) is 2.98. The smallest absolute Gasteiger partial charge is 0.179 e. The van der Waals surface area contributed by atoms with Crippen LogP contribution in [0.25, 0.3) is 0 Å². The van der Waals surface area contributed by atoms with Crippen LogP contribution < -0.4 is 9.47 Å². The van der Waals surface area contributed by atoms with Crippen molar-refractivity contribution >= 4 is 11.6 Å². The molecule has 134 valence electrons. The fourth-order valence-electron chi connectivity index (χ4n) is 3.25. The Bertz CT molecular complexity index is 726. The van der Waals surface area contributed by atoms with Crippen molar-refractivity contribution < 1.29 is 23.8 Å². The summed E-state index contributed by atoms with van der Waals surface area (Å²) in [5, 5.41) is 0. The zero-order chi connectivity index (χ0) is 19.0. The lowest BCUT2D eigenvalue weighted by molar-refractivity contribution is -0.184. The van der Waals surface area contributed by atoms with Gasteiger partial charge in [0.15, 0.2) is 11.6 Å². The first-order valence-corrected chi connectivity index (χ1v) is 8.06. The molecule has 0 amide bonds. The average Bonchev–Trinajstić information content (AvgIpc) is 2.53. The van der Waals surface area contributed by atoms with E-state index in [4.69, 9.17) is 14.2 Å². The Balaban J connectivity index is 2.75. The van der Waals surface area contributed by atoms with E-state index in [9.17, 15) is 9.59 Å². The average molecular weight is 344 g/mol. The van der Waals surface area contributed by atoms with Crippen molar-refractivity contribution in [3.8, 4) is 23.3 Å². The molecule has 25 heavy (non-hydrogen) atoms. The number of carbonyl (C=O) groups excluding carboxylic acids is 2. The van der Waals surface area contributed by atoms with Gasteiger partial charge in [0.2, 0.25) is 0 Å². The number of methoxy groups -OCH3 is 2. The van der Waals surface area contributed by atoms with Gasteiger partial charge in [-0.25, -0.2) is 0 Å². The van der Waals surface area contributed by atoms with Crippen LogP contribution in [0.4, 0.5) is 0 Å². The van der Waals surface area contributed by atoms with E-state index in [2.05, 4.69) is 11.8 Å². The second kappa shape index (κ2) is 6.53. The first kappa shape index (κ1) is 19.0. The Morgan fingerprint density at radius 1 is 0.960 bits per heavy atom. The lowest BCUT2D eigenvalue weighted by atomic mass is 9.74. The number of hydrogen-bond donors (Lipinski definition) is 0. The van der Waals surface area contributed by atoms with E-state index in [1.54, 1.807) is 46.8 Å². The number of rotatable bonds is 3. The van der Waals surface area contributed by atoms with Crippen LogP contribution in [0.3, 0.4) is 0 Å². The van der Waals surface area contributed by atoms with Crippen LogP contribution in [0.1, 0.15) is 51.7 Å². The molecular formula is C20H24O5. The summed E-state index contributed by atoms with van der Waals surface area (Å²) in [6.07, 6.45) is 0. The summed E-state index contributed by atoms with van der Waals surface area (Å²) in [4.78, 5) is 26.0. The van der Waals surface area contributed by atoms with E-state index in [-0.39, 0.29) is 11.6 Å². The Morgan fingerprint density at radius 3 is 1.76 bits per heavy atom. The zero-order valence-corrected chi connectivity index (χ0v) is 15.8. The van der Waals surface area contributed by atoms with Gasteiger partial charge in [0, 0.05) is 5.56 Å². The van der Waals surface area contributed by atoms with Crippen molar-refractivity contribution in [1.82, 2.24) is 0 Å². The molecule has 0 unspecified atom stereocenters. The van der Waals surface area contributed by atoms with Gasteiger partial charge >= 0.3 is 0 Å². The highest BCUT2D eigenvalue weighted by atomic mass is 16.5. The van der Waals surface area contributed by atoms with Gasteiger partial charge in [-0.05, 0) is 46.8 Å². The largest absolute Gasteiger partial charge is 0.496 e. The van der Waals surface area contributed by atoms with Crippen LogP contribution in [0.2, 0.25) is 0 Å². The van der Waals surface area contributed by atoms with Crippen LogP contribution in [0, 0.1) is 11.8 Å². The first-order chi connectivity index (χ1) is 11.6. The van der Waals surface area contributed by atoms with Crippen molar-refractivity contribution in [1.29, 1.82) is 0 Å². The SMILES string of the molecule is CC#Cc1cc(OC)c(C2C(=O)C(C)(C)OC(C)(C)C2=O)c(OC)c1. The maximum atomic E-state index is 13.0. The van der Waals surface area contributed by atoms with E-state index in [0.717, 1.165) is 0 Å². The molecule has 0 aromatic heterocycles. The lowest BCUT2D eigenvalue weighted by Crippen LogP contribution is -2.57. The monoisotopic (exact) mass is 344 g/mol. The molecule has 0 spiro atoms. The fraction of sp³-hybridized carbons (Fsp3) is 0.500. The highest BCUT2D eigenvalue weighted by molar-refractivity contribution is 6.16. The standard InChI is InChI=1S/C20H24O5/c1-8-9-12-10-13(23-6)15(14(11-12)24-7)16-17(21)19(2,3)25-20(4,5)18(16)22/h10-11,16H,1-7H3. The van der Waals surface area contributed by atoms with Gasteiger partial charge in [-0.15, -0.1) is 5.92 Å². The predicted octanol–water partition coefficient (Wildman–Crippen LogP) is 2.88. The summed E-state index contributed by atoms with van der Waals surface area (Å²) >= 11 is 0. The van der Waals surface area contributed by atoms with Gasteiger partial charge in [0.1, 0.15) is 28.6 Å². The maximum Gasteiger partial charge on any atom is 0.179 e. The van der Waals surface area contributed by atoms with Crippen LogP contribution in [0.15, 0.2) is 12.1 Å². The normalized spacial score (nSPS) is 19.2. The van der Waals surface area contributed by atoms with Gasteiger partial charge in [-0.1, -0.05) is 5.92 Å². The molecule has 0 bridgehead atoms. The molecule has 0 radical (unpaired) electrons. The third-order valence-electron chi connectivity index (χ3n) is 4.32. The Morgan fingerprint density at radius 2 is 1.40 bits per heavy atom. The van der Waals surface area contributed by atoms with Crippen molar-refractivity contribution in [3.05, 3.63) is 23.3 Å². The third-order valence-corrected chi connectivity index (χ3v) is 4.32. The summed E-state index contributed by atoms with van der Waals surface area (Å²) in [6, 6.07) is 3.43. The molecule has 0 aliphatic carbocycles. The Hall–Kier alpha value is -2.32. The molecule has 1 aliphatic rings. The van der Waals surface area contributed by atoms with Crippen molar-refractivity contribution in [2.75, 3.05) is 14.2 Å². The highest BCUT2D eigenvalue weighted by Crippen LogP contribution is 2.45. The van der Waals surface area contributed by atoms with Gasteiger partial charge in [-0.2, -0.15) is 0 Å². The van der Waals surface area contributed by atoms with E-state index < -0.39 is 17.1 Å². The van der Waals surface area contributed by atoms with Gasteiger partial charge in [-0.3, -0.25) is 9.59 Å². The number of ether oxygens (including phenoxy) is 3. The summed E-state index contributed by atoms with van der Waals surface area (Å²) in [6.45, 7) is 8.42. The van der Waals surface area contributed by atoms with Gasteiger partial charge in [0.25, 0.3) is 0 Å². The summed E-state index contributed by atoms with van der Waals surface area (Å²) < 4.78 is 16.7. The number of ketones is 2. The maximum absolute atomic E-state index is 13.0. The molecule has 0 atom stereocenters. The molecule has 1 fully saturated rings. The molecule has 1 aliphatic heterocycles. The molecule has 0 N–H and O–H groups in total. The van der Waals surface area contributed by atoms with Crippen molar-refractivity contribution in [2.24, 2.45) is 0 Å². The zero-order valence-electron chi connectivity index (χ0n) is 15.8. The molecule has 1 heterocycles. The Labute approximate surface area is 148 Å². The minimum atomic E-state index is -1.10. The second-order valence-corrected chi connectivity index (χ2v) is 6.95. The van der Waals surface area contributed by atoms with Crippen molar-refractivity contribution in [2.45, 2.75) is 51.7 Å². The van der Waals surface area contributed by atoms with Crippen LogP contribution >= 0.6 is 0 Å². The number of hydrogen-bond acceptors (Lipinski definition) is 5.